The Kier molecular flexibility index (Phi) is 6.45. The van der Waals surface area contributed by atoms with Crippen molar-refractivity contribution in [3.05, 3.63) is 11.9 Å². The molecule has 2 aromatic heterocycles. The van der Waals surface area contributed by atoms with Crippen LogP contribution in [0.15, 0.2) is 6.08 Å². The normalized spacial score (nSPS) is 25.2. The van der Waals surface area contributed by atoms with Crippen LogP contribution in [0.4, 0.5) is 11.8 Å². The Balaban J connectivity index is 2.07. The van der Waals surface area contributed by atoms with E-state index in [1.54, 1.807) is 10.6 Å². The van der Waals surface area contributed by atoms with Gasteiger partial charge in [-0.05, 0) is 19.4 Å². The molecular weight excluding hydrogens is 364 g/mol. The van der Waals surface area contributed by atoms with Gasteiger partial charge < -0.3 is 31.1 Å². The molecule has 0 amide bonds. The molecule has 0 radical (unpaired) electrons. The Hall–Kier alpha value is -2.27. The first-order valence-corrected chi connectivity index (χ1v) is 9.60. The average Bonchev–Trinajstić information content (AvgIpc) is 3.17. The van der Waals surface area contributed by atoms with Gasteiger partial charge in [0.2, 0.25) is 5.95 Å². The summed E-state index contributed by atoms with van der Waals surface area (Å²) in [5.74, 6) is 1.03. The van der Waals surface area contributed by atoms with Gasteiger partial charge in [0.15, 0.2) is 29.0 Å². The molecule has 0 unspecified atom stereocenters. The quantitative estimate of drug-likeness (QED) is 0.408. The number of nitrogens with one attached hydrogen (secondary N) is 1. The highest BCUT2D eigenvalue weighted by Gasteiger charge is 2.45. The summed E-state index contributed by atoms with van der Waals surface area (Å²) >= 11 is 0. The van der Waals surface area contributed by atoms with Crippen molar-refractivity contribution in [1.82, 2.24) is 19.5 Å². The molecule has 1 fully saturated rings. The van der Waals surface area contributed by atoms with E-state index in [9.17, 15) is 15.3 Å². The van der Waals surface area contributed by atoms with Crippen molar-refractivity contribution in [1.29, 1.82) is 0 Å². The molecule has 1 aliphatic rings. The summed E-state index contributed by atoms with van der Waals surface area (Å²) in [6, 6.07) is 0. The maximum atomic E-state index is 10.5. The Morgan fingerprint density at radius 2 is 2.00 bits per heavy atom. The van der Waals surface area contributed by atoms with Crippen LogP contribution in [0.3, 0.4) is 0 Å². The molecule has 6 N–H and O–H groups in total. The summed E-state index contributed by atoms with van der Waals surface area (Å²) < 4.78 is 7.24. The number of aromatic nitrogens is 4. The van der Waals surface area contributed by atoms with E-state index in [4.69, 9.17) is 10.5 Å². The fourth-order valence-corrected chi connectivity index (χ4v) is 3.22. The van der Waals surface area contributed by atoms with Crippen LogP contribution in [0.25, 0.3) is 17.2 Å². The predicted molar refractivity (Wildman–Crippen MR) is 105 cm³/mol. The van der Waals surface area contributed by atoms with Crippen LogP contribution >= 0.6 is 0 Å². The van der Waals surface area contributed by atoms with Crippen LogP contribution in [0.5, 0.6) is 0 Å². The number of anilines is 2. The maximum Gasteiger partial charge on any atom is 0.207 e. The van der Waals surface area contributed by atoms with Crippen LogP contribution in [0.2, 0.25) is 0 Å². The van der Waals surface area contributed by atoms with Gasteiger partial charge in [-0.25, -0.2) is 15.0 Å². The third-order valence-corrected chi connectivity index (χ3v) is 4.68. The number of aliphatic hydroxyl groups excluding tert-OH is 3. The third-order valence-electron chi connectivity index (χ3n) is 4.68. The number of rotatable bonds is 8. The van der Waals surface area contributed by atoms with Crippen LogP contribution in [0, 0.1) is 0 Å². The molecule has 4 atom stereocenters. The zero-order valence-electron chi connectivity index (χ0n) is 16.1. The van der Waals surface area contributed by atoms with Crippen molar-refractivity contribution >= 4 is 29.0 Å². The lowest BCUT2D eigenvalue weighted by molar-refractivity contribution is -0.0501. The maximum absolute atomic E-state index is 10.5. The Morgan fingerprint density at radius 1 is 1.21 bits per heavy atom. The molecule has 10 nitrogen and oxygen atoms in total. The Bertz CT molecular complexity index is 839. The first-order valence-electron chi connectivity index (χ1n) is 9.60. The minimum absolute atomic E-state index is 0.213. The first-order chi connectivity index (χ1) is 13.5. The molecule has 154 valence electrons. The van der Waals surface area contributed by atoms with E-state index in [-0.39, 0.29) is 5.82 Å². The van der Waals surface area contributed by atoms with E-state index in [0.717, 1.165) is 19.3 Å². The van der Waals surface area contributed by atoms with Crippen LogP contribution in [0.1, 0.15) is 45.2 Å². The largest absolute Gasteiger partial charge is 0.394 e. The number of nitrogens with two attached hydrogens (primary N) is 1. The minimum atomic E-state index is -1.26. The molecule has 10 heteroatoms. The lowest BCUT2D eigenvalue weighted by Gasteiger charge is -2.19. The highest BCUT2D eigenvalue weighted by atomic mass is 16.6. The second kappa shape index (κ2) is 8.82. The molecule has 0 saturated carbocycles. The number of ether oxygens (including phenoxy) is 1. The molecule has 0 spiro atoms. The van der Waals surface area contributed by atoms with Crippen molar-refractivity contribution in [3.8, 4) is 0 Å². The summed E-state index contributed by atoms with van der Waals surface area (Å²) in [4.78, 5) is 13.3. The van der Waals surface area contributed by atoms with Crippen molar-refractivity contribution in [3.63, 3.8) is 0 Å². The van der Waals surface area contributed by atoms with Crippen LogP contribution in [-0.2, 0) is 4.74 Å². The zero-order valence-corrected chi connectivity index (χ0v) is 16.1. The lowest BCUT2D eigenvalue weighted by Crippen LogP contribution is -2.33. The number of nitrogen functional groups attached to an aromatic ring is 1. The number of imidazole rings is 1. The van der Waals surface area contributed by atoms with Crippen molar-refractivity contribution in [2.45, 2.75) is 57.6 Å². The number of nitrogens with zero attached hydrogens (tertiary/aromatic N) is 4. The highest BCUT2D eigenvalue weighted by molar-refractivity contribution is 5.85. The molecule has 3 heterocycles. The summed E-state index contributed by atoms with van der Waals surface area (Å²) in [5.41, 5.74) is 6.86. The zero-order chi connectivity index (χ0) is 20.3. The van der Waals surface area contributed by atoms with E-state index in [1.807, 2.05) is 13.0 Å². The molecular formula is C18H28N6O4. The molecule has 0 aromatic carbocycles. The molecule has 2 aromatic rings. The van der Waals surface area contributed by atoms with Gasteiger partial charge in [0.25, 0.3) is 0 Å². The fraction of sp³-hybridized carbons (Fsp3) is 0.611. The van der Waals surface area contributed by atoms with Gasteiger partial charge in [0.05, 0.1) is 6.61 Å². The topological polar surface area (TPSA) is 152 Å². The van der Waals surface area contributed by atoms with E-state index in [1.165, 1.54) is 0 Å². The lowest BCUT2D eigenvalue weighted by atomic mass is 10.1. The first kappa shape index (κ1) is 20.5. The Morgan fingerprint density at radius 3 is 2.64 bits per heavy atom. The number of unbranched alkanes of at least 4 members (excludes halogenated alkanes) is 2. The minimum Gasteiger partial charge on any atom is -0.394 e. The van der Waals surface area contributed by atoms with E-state index in [0.29, 0.717) is 29.5 Å². The number of hydrogen-bond acceptors (Lipinski definition) is 9. The summed E-state index contributed by atoms with van der Waals surface area (Å²) in [7, 11) is 0. The summed E-state index contributed by atoms with van der Waals surface area (Å²) in [6.07, 6.45) is 2.50. The van der Waals surface area contributed by atoms with Gasteiger partial charge in [-0.15, -0.1) is 0 Å². The average molecular weight is 392 g/mol. The van der Waals surface area contributed by atoms with Crippen molar-refractivity contribution in [2.75, 3.05) is 24.2 Å². The molecule has 0 bridgehead atoms. The van der Waals surface area contributed by atoms with Crippen LogP contribution in [-0.4, -0.2) is 66.3 Å². The summed E-state index contributed by atoms with van der Waals surface area (Å²) in [5, 5.41) is 33.1. The Labute approximate surface area is 163 Å². The number of fused-ring (bicyclic) bond motifs is 1. The molecule has 3 rings (SSSR count). The van der Waals surface area contributed by atoms with E-state index in [2.05, 4.69) is 27.2 Å². The van der Waals surface area contributed by atoms with Gasteiger partial charge in [0, 0.05) is 6.54 Å². The van der Waals surface area contributed by atoms with Gasteiger partial charge in [-0.3, -0.25) is 4.57 Å². The van der Waals surface area contributed by atoms with Crippen molar-refractivity contribution < 1.29 is 20.1 Å². The SMILES string of the molecule is CCCCC=Cc1nc(N)c2nc(NCC)n([C@@H]3O[C@H](CO)[C@@H](O)[C@H]3O)c2n1. The third kappa shape index (κ3) is 3.81. The van der Waals surface area contributed by atoms with Gasteiger partial charge in [-0.1, -0.05) is 25.8 Å². The van der Waals surface area contributed by atoms with Gasteiger partial charge >= 0.3 is 0 Å². The smallest absolute Gasteiger partial charge is 0.207 e. The van der Waals surface area contributed by atoms with Gasteiger partial charge in [-0.2, -0.15) is 0 Å². The monoisotopic (exact) mass is 392 g/mol. The summed E-state index contributed by atoms with van der Waals surface area (Å²) in [6.45, 7) is 4.17. The second-order valence-corrected chi connectivity index (χ2v) is 6.75. The van der Waals surface area contributed by atoms with Crippen LogP contribution < -0.4 is 11.1 Å². The molecule has 1 saturated heterocycles. The highest BCUT2D eigenvalue weighted by Crippen LogP contribution is 2.35. The standard InChI is InChI=1S/C18H28N6O4/c1-3-5-6-7-8-11-21-15(19)12-16(22-11)24(18(23-12)20-4-2)17-14(27)13(26)10(9-25)28-17/h7-8,10,13-14,17,25-27H,3-6,9H2,1-2H3,(H,20,23)(H2,19,21,22)/t10-,13-,14-,17-/m1/s1. The van der Waals surface area contributed by atoms with Gasteiger partial charge in [0.1, 0.15) is 18.3 Å². The predicted octanol–water partition coefficient (Wildman–Crippen LogP) is 0.655. The number of aliphatic hydroxyl groups is 3. The van der Waals surface area contributed by atoms with Crippen molar-refractivity contribution in [2.24, 2.45) is 0 Å². The number of hydrogen-bond donors (Lipinski definition) is 5. The number of allylic oxidation sites excluding steroid dienone is 1. The molecule has 1 aliphatic heterocycles. The van der Waals surface area contributed by atoms with E-state index >= 15 is 0 Å². The fourth-order valence-electron chi connectivity index (χ4n) is 3.22. The molecule has 28 heavy (non-hydrogen) atoms. The van der Waals surface area contributed by atoms with E-state index < -0.39 is 31.1 Å². The molecule has 0 aliphatic carbocycles. The second-order valence-electron chi connectivity index (χ2n) is 6.75.